The van der Waals surface area contributed by atoms with Crippen LogP contribution in [0.15, 0.2) is 63.2 Å². The lowest BCUT2D eigenvalue weighted by Crippen LogP contribution is -2.33. The van der Waals surface area contributed by atoms with Gasteiger partial charge in [0.2, 0.25) is 0 Å². The molecule has 0 aliphatic heterocycles. The summed E-state index contributed by atoms with van der Waals surface area (Å²) in [6.45, 7) is 0. The van der Waals surface area contributed by atoms with Crippen LogP contribution in [0.3, 0.4) is 0 Å². The van der Waals surface area contributed by atoms with Gasteiger partial charge in [-0.3, -0.25) is 10.2 Å². The van der Waals surface area contributed by atoms with Crippen LogP contribution in [0.1, 0.15) is 5.56 Å². The minimum atomic E-state index is -0.567. The van der Waals surface area contributed by atoms with Crippen molar-refractivity contribution in [2.24, 2.45) is 5.84 Å². The van der Waals surface area contributed by atoms with E-state index in [2.05, 4.69) is 42.6 Å². The second-order valence-electron chi connectivity index (χ2n) is 5.68. The van der Waals surface area contributed by atoms with E-state index in [1.54, 1.807) is 0 Å². The molecule has 3 rings (SSSR count). The Morgan fingerprint density at radius 3 is 2.41 bits per heavy atom. The molecule has 1 amide bonds. The molecule has 3 aromatic rings. The lowest BCUT2D eigenvalue weighted by Gasteiger charge is -2.12. The van der Waals surface area contributed by atoms with Gasteiger partial charge in [0.05, 0.1) is 4.47 Å². The summed E-state index contributed by atoms with van der Waals surface area (Å²) in [5.41, 5.74) is 3.18. The van der Waals surface area contributed by atoms with Crippen LogP contribution >= 0.6 is 31.9 Å². The third-order valence-corrected chi connectivity index (χ3v) is 5.26. The van der Waals surface area contributed by atoms with E-state index >= 15 is 0 Å². The minimum absolute atomic E-state index is 0.112. The molecule has 0 unspecified atom stereocenters. The first-order valence-corrected chi connectivity index (χ1v) is 9.37. The fourth-order valence-corrected chi connectivity index (χ4v) is 3.69. The maximum Gasteiger partial charge on any atom is 0.281 e. The Balaban J connectivity index is 2.04. The molecule has 0 spiro atoms. The number of hydrogen-bond acceptors (Lipinski definition) is 5. The van der Waals surface area contributed by atoms with E-state index in [0.29, 0.717) is 15.7 Å². The van der Waals surface area contributed by atoms with Crippen molar-refractivity contribution < 1.29 is 15.0 Å². The molecule has 0 aliphatic rings. The van der Waals surface area contributed by atoms with Crippen molar-refractivity contribution in [1.29, 1.82) is 0 Å². The fourth-order valence-electron chi connectivity index (χ4n) is 2.54. The van der Waals surface area contributed by atoms with Crippen LogP contribution in [0.25, 0.3) is 16.8 Å². The number of benzene rings is 3. The van der Waals surface area contributed by atoms with Crippen LogP contribution in [0.5, 0.6) is 11.5 Å². The second kappa shape index (κ2) is 7.99. The molecule has 0 saturated carbocycles. The monoisotopic (exact) mass is 491 g/mol. The zero-order valence-corrected chi connectivity index (χ0v) is 17.0. The fraction of sp³-hybridized carbons (Fsp3) is 0. The van der Waals surface area contributed by atoms with Crippen molar-refractivity contribution in [2.45, 2.75) is 0 Å². The molecular weight excluding hydrogens is 478 g/mol. The van der Waals surface area contributed by atoms with E-state index in [1.165, 1.54) is 12.1 Å². The van der Waals surface area contributed by atoms with Gasteiger partial charge in [-0.1, -0.05) is 30.3 Å². The predicted molar refractivity (Wildman–Crippen MR) is 113 cm³/mol. The number of amides is 1. The molecule has 6 nitrogen and oxygen atoms in total. The molecule has 138 valence electrons. The first kappa shape index (κ1) is 19.2. The molecule has 0 aliphatic carbocycles. The zero-order valence-electron chi connectivity index (χ0n) is 13.8. The van der Waals surface area contributed by atoms with Crippen molar-refractivity contribution in [2.75, 3.05) is 5.32 Å². The third-order valence-electron chi connectivity index (χ3n) is 3.90. The summed E-state index contributed by atoms with van der Waals surface area (Å²) >= 11 is 6.32. The summed E-state index contributed by atoms with van der Waals surface area (Å²) < 4.78 is 0.470. The second-order valence-corrected chi connectivity index (χ2v) is 7.32. The summed E-state index contributed by atoms with van der Waals surface area (Å²) in [5, 5.41) is 25.2. The summed E-state index contributed by atoms with van der Waals surface area (Å²) in [4.78, 5) is 12.2. The van der Waals surface area contributed by atoms with Crippen LogP contribution in [0, 0.1) is 0 Å². The number of phenols is 2. The van der Waals surface area contributed by atoms with Crippen LogP contribution < -0.4 is 16.6 Å². The van der Waals surface area contributed by atoms with Gasteiger partial charge in [0, 0.05) is 11.3 Å². The van der Waals surface area contributed by atoms with Crippen LogP contribution in [-0.4, -0.2) is 16.1 Å². The molecule has 0 aromatic heterocycles. The number of halogens is 2. The van der Waals surface area contributed by atoms with Gasteiger partial charge < -0.3 is 15.5 Å². The maximum atomic E-state index is 12.2. The van der Waals surface area contributed by atoms with Crippen LogP contribution in [0.2, 0.25) is 0 Å². The van der Waals surface area contributed by atoms with E-state index < -0.39 is 5.91 Å². The highest BCUT2D eigenvalue weighted by Gasteiger charge is 2.16. The number of phenolic OH excluding ortho intramolecular Hbond substituents is 2. The lowest BCUT2D eigenvalue weighted by atomic mass is 10.1. The molecule has 8 heteroatoms. The summed E-state index contributed by atoms with van der Waals surface area (Å²) in [7, 11) is 0. The molecular formula is C19H15Br2N3O3. The molecule has 0 bridgehead atoms. The van der Waals surface area contributed by atoms with E-state index in [0.717, 1.165) is 10.8 Å². The Morgan fingerprint density at radius 1 is 1.00 bits per heavy atom. The minimum Gasteiger partial charge on any atom is -0.506 e. The van der Waals surface area contributed by atoms with Crippen LogP contribution in [-0.2, 0) is 4.79 Å². The number of carbonyl (C=O) groups excluding carboxylic acids is 1. The van der Waals surface area contributed by atoms with Crippen molar-refractivity contribution in [3.05, 3.63) is 68.7 Å². The van der Waals surface area contributed by atoms with Crippen molar-refractivity contribution >= 4 is 60.3 Å². The summed E-state index contributed by atoms with van der Waals surface area (Å²) in [6, 6.07) is 15.0. The Labute approximate surface area is 171 Å². The number of anilines is 1. The first-order chi connectivity index (χ1) is 12.9. The molecule has 3 aromatic carbocycles. The molecule has 0 atom stereocenters. The van der Waals surface area contributed by atoms with Gasteiger partial charge in [0.15, 0.2) is 0 Å². The number of carbonyl (C=O) groups is 1. The quantitative estimate of drug-likeness (QED) is 0.162. The van der Waals surface area contributed by atoms with Gasteiger partial charge in [-0.25, -0.2) is 5.84 Å². The average Bonchev–Trinajstić information content (AvgIpc) is 2.69. The standard InChI is InChI=1S/C19H15Br2N3O3/c20-14-8-12(17(25)16(21)18(14)26)9-15(19(27)24-22)23-13-6-5-10-3-1-2-4-11(10)7-13/h1-9,23,25-26H,22H2,(H,24,27). The third kappa shape index (κ3) is 4.08. The molecule has 0 radical (unpaired) electrons. The number of fused-ring (bicyclic) bond motifs is 1. The van der Waals surface area contributed by atoms with Gasteiger partial charge in [0.1, 0.15) is 21.7 Å². The zero-order chi connectivity index (χ0) is 19.6. The summed E-state index contributed by atoms with van der Waals surface area (Å²) in [5.74, 6) is 4.37. The van der Waals surface area contributed by atoms with E-state index in [1.807, 2.05) is 42.5 Å². The Bertz CT molecular complexity index is 1070. The van der Waals surface area contributed by atoms with Gasteiger partial charge in [-0.05, 0) is 66.9 Å². The number of hydrazine groups is 1. The average molecular weight is 493 g/mol. The normalized spacial score (nSPS) is 11.4. The smallest absolute Gasteiger partial charge is 0.281 e. The van der Waals surface area contributed by atoms with Crippen LogP contribution in [0.4, 0.5) is 5.69 Å². The van der Waals surface area contributed by atoms with Crippen molar-refractivity contribution in [3.8, 4) is 11.5 Å². The predicted octanol–water partition coefficient (Wildman–Crippen LogP) is 4.22. The molecule has 0 saturated heterocycles. The lowest BCUT2D eigenvalue weighted by molar-refractivity contribution is -0.117. The molecule has 6 N–H and O–H groups in total. The first-order valence-electron chi connectivity index (χ1n) is 7.79. The van der Waals surface area contributed by atoms with E-state index in [-0.39, 0.29) is 21.7 Å². The van der Waals surface area contributed by atoms with E-state index in [9.17, 15) is 15.0 Å². The summed E-state index contributed by atoms with van der Waals surface area (Å²) in [6.07, 6.45) is 1.43. The van der Waals surface area contributed by atoms with Gasteiger partial charge in [0.25, 0.3) is 5.91 Å². The Hall–Kier alpha value is -2.55. The molecule has 0 fully saturated rings. The SMILES string of the molecule is NNC(=O)C(=Cc1cc(Br)c(O)c(Br)c1O)Nc1ccc2ccccc2c1. The van der Waals surface area contributed by atoms with Gasteiger partial charge >= 0.3 is 0 Å². The maximum absolute atomic E-state index is 12.2. The van der Waals surface area contributed by atoms with Gasteiger partial charge in [-0.15, -0.1) is 0 Å². The number of hydrogen-bond donors (Lipinski definition) is 5. The number of aromatic hydroxyl groups is 2. The Morgan fingerprint density at radius 2 is 1.70 bits per heavy atom. The molecule has 0 heterocycles. The van der Waals surface area contributed by atoms with Crippen molar-refractivity contribution in [3.63, 3.8) is 0 Å². The van der Waals surface area contributed by atoms with E-state index in [4.69, 9.17) is 5.84 Å². The highest BCUT2D eigenvalue weighted by Crippen LogP contribution is 2.42. The molecule has 27 heavy (non-hydrogen) atoms. The highest BCUT2D eigenvalue weighted by molar-refractivity contribution is 9.11. The number of nitrogens with two attached hydrogens (primary N) is 1. The highest BCUT2D eigenvalue weighted by atomic mass is 79.9. The Kier molecular flexibility index (Phi) is 5.69. The van der Waals surface area contributed by atoms with Gasteiger partial charge in [-0.2, -0.15) is 0 Å². The number of nitrogens with one attached hydrogen (secondary N) is 2. The van der Waals surface area contributed by atoms with Crippen molar-refractivity contribution in [1.82, 2.24) is 5.43 Å². The number of rotatable bonds is 4. The largest absolute Gasteiger partial charge is 0.506 e. The topological polar surface area (TPSA) is 108 Å².